The standard InChI is InChI=1S/C36H42FN7O2/c1-22(2)43-21-39-30-18-29(41-33(32(30)43)40-28-7-11-38-19-27(28)37)23-5-6-26-31(15-23)44(34(45)36(26)9-13-46-14-10-36)25-16-24(17-25)42-12-8-35(3,4)20-42/h5-7,11,15,18-19,21-22,24-25H,8-10,12-14,16-17,20H2,1-4H3,(H,38,40,41). The van der Waals surface area contributed by atoms with Gasteiger partial charge in [0.1, 0.15) is 5.52 Å². The van der Waals surface area contributed by atoms with E-state index < -0.39 is 11.2 Å². The first-order valence-corrected chi connectivity index (χ1v) is 16.7. The molecule has 2 saturated heterocycles. The molecule has 3 fully saturated rings. The number of fused-ring (bicyclic) bond motifs is 3. The van der Waals surface area contributed by atoms with Gasteiger partial charge < -0.3 is 19.5 Å². The number of ether oxygens (including phenoxy) is 1. The molecule has 3 aliphatic heterocycles. The lowest BCUT2D eigenvalue weighted by molar-refractivity contribution is -0.127. The molecular weight excluding hydrogens is 581 g/mol. The van der Waals surface area contributed by atoms with Gasteiger partial charge in [-0.25, -0.2) is 14.4 Å². The summed E-state index contributed by atoms with van der Waals surface area (Å²) in [6, 6.07) is 10.8. The van der Waals surface area contributed by atoms with E-state index in [9.17, 15) is 9.18 Å². The molecule has 4 aliphatic rings. The van der Waals surface area contributed by atoms with Crippen molar-refractivity contribution < 1.29 is 13.9 Å². The molecule has 1 aliphatic carbocycles. The molecule has 0 radical (unpaired) electrons. The third kappa shape index (κ3) is 4.71. The fraction of sp³-hybridized carbons (Fsp3) is 0.500. The number of benzene rings is 1. The van der Waals surface area contributed by atoms with Gasteiger partial charge in [0, 0.05) is 55.3 Å². The first-order valence-electron chi connectivity index (χ1n) is 16.7. The van der Waals surface area contributed by atoms with E-state index in [0.717, 1.165) is 53.8 Å². The van der Waals surface area contributed by atoms with Crippen LogP contribution in [0.2, 0.25) is 0 Å². The van der Waals surface area contributed by atoms with Gasteiger partial charge in [-0.3, -0.25) is 14.7 Å². The minimum Gasteiger partial charge on any atom is -0.381 e. The van der Waals surface area contributed by atoms with Gasteiger partial charge in [0.25, 0.3) is 0 Å². The molecule has 8 rings (SSSR count). The molecule has 3 aromatic heterocycles. The van der Waals surface area contributed by atoms with Gasteiger partial charge in [-0.15, -0.1) is 0 Å². The highest BCUT2D eigenvalue weighted by molar-refractivity contribution is 6.09. The largest absolute Gasteiger partial charge is 0.381 e. The molecule has 1 N–H and O–H groups in total. The zero-order valence-electron chi connectivity index (χ0n) is 27.1. The monoisotopic (exact) mass is 623 g/mol. The molecule has 1 spiro atoms. The highest BCUT2D eigenvalue weighted by Crippen LogP contribution is 2.52. The van der Waals surface area contributed by atoms with Crippen molar-refractivity contribution in [2.45, 2.75) is 83.3 Å². The number of carbonyl (C=O) groups excluding carboxylic acids is 1. The van der Waals surface area contributed by atoms with E-state index in [2.05, 4.69) is 66.0 Å². The number of hydrogen-bond acceptors (Lipinski definition) is 7. The summed E-state index contributed by atoms with van der Waals surface area (Å²) in [5.74, 6) is 0.291. The Hall–Kier alpha value is -3.89. The molecule has 9 nitrogen and oxygen atoms in total. The number of halogens is 1. The van der Waals surface area contributed by atoms with Gasteiger partial charge in [-0.05, 0) is 81.7 Å². The maximum Gasteiger partial charge on any atom is 0.238 e. The number of imidazole rings is 1. The summed E-state index contributed by atoms with van der Waals surface area (Å²) < 4.78 is 22.5. The number of likely N-dealkylation sites (tertiary alicyclic amines) is 1. The average Bonchev–Trinajstić information content (AvgIpc) is 3.68. The molecule has 1 saturated carbocycles. The zero-order valence-corrected chi connectivity index (χ0v) is 27.1. The van der Waals surface area contributed by atoms with Crippen molar-refractivity contribution in [3.63, 3.8) is 0 Å². The predicted octanol–water partition coefficient (Wildman–Crippen LogP) is 6.61. The number of aromatic nitrogens is 4. The number of rotatable bonds is 6. The van der Waals surface area contributed by atoms with Crippen LogP contribution in [0.25, 0.3) is 22.3 Å². The number of anilines is 3. The molecule has 6 heterocycles. The fourth-order valence-electron chi connectivity index (χ4n) is 8.14. The van der Waals surface area contributed by atoms with Crippen LogP contribution in [0, 0.1) is 11.2 Å². The van der Waals surface area contributed by atoms with Crippen molar-refractivity contribution >= 4 is 34.1 Å². The topological polar surface area (TPSA) is 88.4 Å². The molecule has 1 amide bonds. The van der Waals surface area contributed by atoms with Crippen molar-refractivity contribution in [3.05, 3.63) is 60.4 Å². The van der Waals surface area contributed by atoms with Gasteiger partial charge in [0.15, 0.2) is 11.6 Å². The first kappa shape index (κ1) is 29.5. The summed E-state index contributed by atoms with van der Waals surface area (Å²) in [6.07, 6.45) is 9.18. The molecule has 4 aromatic rings. The van der Waals surface area contributed by atoms with E-state index in [4.69, 9.17) is 14.7 Å². The lowest BCUT2D eigenvalue weighted by atomic mass is 9.75. The number of pyridine rings is 2. The lowest BCUT2D eigenvalue weighted by Crippen LogP contribution is -2.57. The van der Waals surface area contributed by atoms with Gasteiger partial charge in [0.05, 0.1) is 34.8 Å². The average molecular weight is 624 g/mol. The van der Waals surface area contributed by atoms with E-state index in [1.807, 2.05) is 10.6 Å². The molecule has 0 atom stereocenters. The Morgan fingerprint density at radius 2 is 1.87 bits per heavy atom. The number of nitrogens with one attached hydrogen (secondary N) is 1. The Bertz CT molecular complexity index is 1820. The molecule has 240 valence electrons. The summed E-state index contributed by atoms with van der Waals surface area (Å²) >= 11 is 0. The normalized spacial score (nSPS) is 23.8. The molecule has 0 unspecified atom stereocenters. The number of carbonyl (C=O) groups is 1. The van der Waals surface area contributed by atoms with E-state index >= 15 is 0 Å². The van der Waals surface area contributed by atoms with Crippen molar-refractivity contribution in [1.82, 2.24) is 24.4 Å². The predicted molar refractivity (Wildman–Crippen MR) is 177 cm³/mol. The highest BCUT2D eigenvalue weighted by atomic mass is 19.1. The van der Waals surface area contributed by atoms with Crippen LogP contribution in [-0.2, 0) is 14.9 Å². The molecule has 1 aromatic carbocycles. The summed E-state index contributed by atoms with van der Waals surface area (Å²) in [5.41, 5.74) is 5.41. The quantitative estimate of drug-likeness (QED) is 0.259. The van der Waals surface area contributed by atoms with Crippen LogP contribution in [0.3, 0.4) is 0 Å². The van der Waals surface area contributed by atoms with Gasteiger partial charge >= 0.3 is 0 Å². The number of hydrogen-bond donors (Lipinski definition) is 1. The van der Waals surface area contributed by atoms with Crippen molar-refractivity contribution in [2.24, 2.45) is 5.41 Å². The van der Waals surface area contributed by atoms with Crippen LogP contribution >= 0.6 is 0 Å². The second kappa shape index (κ2) is 10.8. The fourth-order valence-corrected chi connectivity index (χ4v) is 8.14. The maximum absolute atomic E-state index is 14.7. The van der Waals surface area contributed by atoms with Crippen LogP contribution in [0.5, 0.6) is 0 Å². The first-order chi connectivity index (χ1) is 22.1. The SMILES string of the molecule is CC(C)n1cnc2cc(-c3ccc4c(c3)N(C3CC(N5CCC(C)(C)C5)C3)C(=O)C43CCOCC3)nc(Nc3ccncc3F)c21. The molecule has 10 heteroatoms. The van der Waals surface area contributed by atoms with Gasteiger partial charge in [0.2, 0.25) is 5.91 Å². The van der Waals surface area contributed by atoms with E-state index in [1.54, 1.807) is 18.6 Å². The summed E-state index contributed by atoms with van der Waals surface area (Å²) in [4.78, 5) is 32.9. The van der Waals surface area contributed by atoms with Crippen LogP contribution < -0.4 is 10.2 Å². The molecule has 0 bridgehead atoms. The minimum atomic E-state index is -0.536. The Morgan fingerprint density at radius 3 is 2.59 bits per heavy atom. The van der Waals surface area contributed by atoms with Gasteiger partial charge in [-0.1, -0.05) is 26.0 Å². The van der Waals surface area contributed by atoms with Crippen LogP contribution in [-0.4, -0.2) is 68.7 Å². The Labute approximate surface area is 269 Å². The molecule has 46 heavy (non-hydrogen) atoms. The number of nitrogens with zero attached hydrogens (tertiary/aromatic N) is 6. The Balaban J connectivity index is 1.19. The lowest BCUT2D eigenvalue weighted by Gasteiger charge is -2.46. The van der Waals surface area contributed by atoms with E-state index in [0.29, 0.717) is 54.7 Å². The van der Waals surface area contributed by atoms with Crippen molar-refractivity contribution in [1.29, 1.82) is 0 Å². The Morgan fingerprint density at radius 1 is 1.07 bits per heavy atom. The number of amides is 1. The second-order valence-corrected chi connectivity index (χ2v) is 14.7. The smallest absolute Gasteiger partial charge is 0.238 e. The highest BCUT2D eigenvalue weighted by Gasteiger charge is 2.55. The third-order valence-corrected chi connectivity index (χ3v) is 10.9. The van der Waals surface area contributed by atoms with Crippen LogP contribution in [0.4, 0.5) is 21.6 Å². The van der Waals surface area contributed by atoms with E-state index in [-0.39, 0.29) is 18.0 Å². The van der Waals surface area contributed by atoms with Crippen LogP contribution in [0.1, 0.15) is 71.4 Å². The summed E-state index contributed by atoms with van der Waals surface area (Å²) in [6.45, 7) is 12.3. The zero-order chi connectivity index (χ0) is 31.8. The van der Waals surface area contributed by atoms with Crippen LogP contribution in [0.15, 0.2) is 49.1 Å². The Kier molecular flexibility index (Phi) is 6.95. The third-order valence-electron chi connectivity index (χ3n) is 10.9. The second-order valence-electron chi connectivity index (χ2n) is 14.7. The summed E-state index contributed by atoms with van der Waals surface area (Å²) in [7, 11) is 0. The molecular formula is C36H42FN7O2. The summed E-state index contributed by atoms with van der Waals surface area (Å²) in [5, 5.41) is 3.23. The van der Waals surface area contributed by atoms with Crippen molar-refractivity contribution in [3.8, 4) is 11.3 Å². The minimum absolute atomic E-state index is 0.133. The maximum atomic E-state index is 14.7. The van der Waals surface area contributed by atoms with Crippen molar-refractivity contribution in [2.75, 3.05) is 36.5 Å². The van der Waals surface area contributed by atoms with E-state index in [1.165, 1.54) is 12.6 Å². The van der Waals surface area contributed by atoms with Gasteiger partial charge in [-0.2, -0.15) is 0 Å².